The number of rotatable bonds is 4. The van der Waals surface area contributed by atoms with Crippen molar-refractivity contribution >= 4 is 12.0 Å². The molecule has 0 fully saturated rings. The van der Waals surface area contributed by atoms with Gasteiger partial charge in [-0.25, -0.2) is 4.39 Å². The molecule has 0 saturated carbocycles. The first-order valence-electron chi connectivity index (χ1n) is 5.17. The second kappa shape index (κ2) is 5.45. The Bertz CT molecular complexity index is 382. The second-order valence-electron chi connectivity index (χ2n) is 4.00. The summed E-state index contributed by atoms with van der Waals surface area (Å²) in [5, 5.41) is 8.91. The Labute approximate surface area is 94.4 Å². The molecule has 0 bridgehead atoms. The van der Waals surface area contributed by atoms with E-state index in [1.807, 2.05) is 6.07 Å². The third-order valence-corrected chi connectivity index (χ3v) is 2.33. The lowest BCUT2D eigenvalue weighted by Crippen LogP contribution is -2.20. The van der Waals surface area contributed by atoms with Crippen LogP contribution in [0.5, 0.6) is 0 Å². The zero-order valence-corrected chi connectivity index (χ0v) is 9.35. The molecule has 0 saturated heterocycles. The minimum absolute atomic E-state index is 0.266. The molecule has 1 unspecified atom stereocenters. The third-order valence-electron chi connectivity index (χ3n) is 2.33. The molecule has 0 aromatic heterocycles. The Morgan fingerprint density at radius 1 is 1.31 bits per heavy atom. The maximum atomic E-state index is 13.7. The van der Waals surface area contributed by atoms with Gasteiger partial charge in [0.1, 0.15) is 11.7 Å². The van der Waals surface area contributed by atoms with Gasteiger partial charge in [0.2, 0.25) is 0 Å². The van der Waals surface area contributed by atoms with E-state index in [-0.39, 0.29) is 5.92 Å². The molecule has 0 aliphatic rings. The smallest absolute Gasteiger partial charge is 0.313 e. The Morgan fingerprint density at radius 2 is 1.88 bits per heavy atom. The first-order valence-corrected chi connectivity index (χ1v) is 5.17. The van der Waals surface area contributed by atoms with Gasteiger partial charge in [-0.3, -0.25) is 4.79 Å². The van der Waals surface area contributed by atoms with Gasteiger partial charge in [-0.2, -0.15) is 0 Å². The minimum Gasteiger partial charge on any atom is -0.481 e. The predicted octanol–water partition coefficient (Wildman–Crippen LogP) is 3.35. The highest BCUT2D eigenvalue weighted by molar-refractivity contribution is 5.75. The molecule has 3 heteroatoms. The van der Waals surface area contributed by atoms with Crippen LogP contribution in [-0.4, -0.2) is 11.1 Å². The van der Waals surface area contributed by atoms with E-state index in [0.29, 0.717) is 5.56 Å². The normalized spacial score (nSPS) is 13.9. The van der Waals surface area contributed by atoms with Crippen LogP contribution in [0.4, 0.5) is 4.39 Å². The standard InChI is InChI=1S/C13H15FO2/c1-9(2)12(13(15)16)11(14)8-10-6-4-3-5-7-10/h3-9,12H,1-2H3,(H,15,16). The van der Waals surface area contributed by atoms with Crippen LogP contribution in [0.25, 0.3) is 6.08 Å². The summed E-state index contributed by atoms with van der Waals surface area (Å²) in [7, 11) is 0. The summed E-state index contributed by atoms with van der Waals surface area (Å²) in [5.74, 6) is -3.06. The molecule has 1 aromatic rings. The summed E-state index contributed by atoms with van der Waals surface area (Å²) in [6.45, 7) is 3.38. The molecule has 1 N–H and O–H groups in total. The molecule has 16 heavy (non-hydrogen) atoms. The number of carboxylic acid groups (broad SMARTS) is 1. The van der Waals surface area contributed by atoms with Crippen molar-refractivity contribution < 1.29 is 14.3 Å². The fourth-order valence-corrected chi connectivity index (χ4v) is 1.52. The van der Waals surface area contributed by atoms with Crippen molar-refractivity contribution in [2.24, 2.45) is 11.8 Å². The first-order chi connectivity index (χ1) is 7.52. The van der Waals surface area contributed by atoms with Gasteiger partial charge >= 0.3 is 5.97 Å². The van der Waals surface area contributed by atoms with Crippen LogP contribution in [0, 0.1) is 11.8 Å². The lowest BCUT2D eigenvalue weighted by molar-refractivity contribution is -0.142. The molecule has 0 aliphatic heterocycles. The highest BCUT2D eigenvalue weighted by Gasteiger charge is 2.26. The van der Waals surface area contributed by atoms with Crippen molar-refractivity contribution in [1.82, 2.24) is 0 Å². The Balaban J connectivity index is 2.95. The van der Waals surface area contributed by atoms with Crippen LogP contribution >= 0.6 is 0 Å². The van der Waals surface area contributed by atoms with Crippen molar-refractivity contribution in [3.05, 3.63) is 41.7 Å². The van der Waals surface area contributed by atoms with E-state index in [0.717, 1.165) is 0 Å². The molecule has 1 atom stereocenters. The van der Waals surface area contributed by atoms with Crippen molar-refractivity contribution in [3.63, 3.8) is 0 Å². The number of hydrogen-bond donors (Lipinski definition) is 1. The number of benzene rings is 1. The van der Waals surface area contributed by atoms with E-state index in [1.165, 1.54) is 6.08 Å². The maximum Gasteiger partial charge on any atom is 0.313 e. The van der Waals surface area contributed by atoms with Crippen molar-refractivity contribution in [2.75, 3.05) is 0 Å². The van der Waals surface area contributed by atoms with E-state index >= 15 is 0 Å². The number of carbonyl (C=O) groups is 1. The average Bonchev–Trinajstić information content (AvgIpc) is 2.17. The highest BCUT2D eigenvalue weighted by Crippen LogP contribution is 2.24. The summed E-state index contributed by atoms with van der Waals surface area (Å²) in [6.07, 6.45) is 1.28. The maximum absolute atomic E-state index is 13.7. The molecular formula is C13H15FO2. The number of carboxylic acids is 1. The summed E-state index contributed by atoms with van der Waals surface area (Å²) in [5.41, 5.74) is 0.673. The van der Waals surface area contributed by atoms with Gasteiger partial charge in [-0.05, 0) is 17.6 Å². The monoisotopic (exact) mass is 222 g/mol. The molecule has 0 spiro atoms. The van der Waals surface area contributed by atoms with Gasteiger partial charge in [0.25, 0.3) is 0 Å². The lowest BCUT2D eigenvalue weighted by Gasteiger charge is -2.13. The molecule has 1 aromatic carbocycles. The molecule has 0 radical (unpaired) electrons. The van der Waals surface area contributed by atoms with Crippen molar-refractivity contribution in [3.8, 4) is 0 Å². The van der Waals surface area contributed by atoms with Crippen LogP contribution in [0.2, 0.25) is 0 Å². The van der Waals surface area contributed by atoms with Crippen molar-refractivity contribution in [2.45, 2.75) is 13.8 Å². The minimum atomic E-state index is -1.13. The van der Waals surface area contributed by atoms with E-state index in [1.54, 1.807) is 38.1 Å². The molecule has 0 amide bonds. The quantitative estimate of drug-likeness (QED) is 0.848. The number of halogens is 1. The highest BCUT2D eigenvalue weighted by atomic mass is 19.1. The third kappa shape index (κ3) is 3.19. The Hall–Kier alpha value is -1.64. The Morgan fingerprint density at radius 3 is 2.31 bits per heavy atom. The fourth-order valence-electron chi connectivity index (χ4n) is 1.52. The molecule has 86 valence electrons. The summed E-state index contributed by atoms with van der Waals surface area (Å²) >= 11 is 0. The van der Waals surface area contributed by atoms with Crippen LogP contribution in [0.15, 0.2) is 36.2 Å². The van der Waals surface area contributed by atoms with Gasteiger partial charge in [0.15, 0.2) is 0 Å². The topological polar surface area (TPSA) is 37.3 Å². The summed E-state index contributed by atoms with van der Waals surface area (Å²) < 4.78 is 13.7. The van der Waals surface area contributed by atoms with Gasteiger partial charge in [-0.15, -0.1) is 0 Å². The van der Waals surface area contributed by atoms with Crippen LogP contribution in [0.1, 0.15) is 19.4 Å². The van der Waals surface area contributed by atoms with Gasteiger partial charge in [-0.1, -0.05) is 44.2 Å². The van der Waals surface area contributed by atoms with E-state index in [9.17, 15) is 9.18 Å². The number of aliphatic carboxylic acids is 1. The van der Waals surface area contributed by atoms with E-state index < -0.39 is 17.7 Å². The number of hydrogen-bond acceptors (Lipinski definition) is 1. The largest absolute Gasteiger partial charge is 0.481 e. The van der Waals surface area contributed by atoms with Crippen molar-refractivity contribution in [1.29, 1.82) is 0 Å². The molecule has 1 rings (SSSR count). The zero-order valence-electron chi connectivity index (χ0n) is 9.35. The Kier molecular flexibility index (Phi) is 4.23. The van der Waals surface area contributed by atoms with Crippen LogP contribution < -0.4 is 0 Å². The first kappa shape index (κ1) is 12.4. The van der Waals surface area contributed by atoms with E-state index in [2.05, 4.69) is 0 Å². The molecule has 0 aliphatic carbocycles. The van der Waals surface area contributed by atoms with E-state index in [4.69, 9.17) is 5.11 Å². The molecule has 0 heterocycles. The van der Waals surface area contributed by atoms with Gasteiger partial charge in [0.05, 0.1) is 0 Å². The van der Waals surface area contributed by atoms with Gasteiger partial charge < -0.3 is 5.11 Å². The summed E-state index contributed by atoms with van der Waals surface area (Å²) in [6, 6.07) is 8.86. The average molecular weight is 222 g/mol. The van der Waals surface area contributed by atoms with Gasteiger partial charge in [0, 0.05) is 0 Å². The van der Waals surface area contributed by atoms with Crippen LogP contribution in [0.3, 0.4) is 0 Å². The fraction of sp³-hybridized carbons (Fsp3) is 0.308. The lowest BCUT2D eigenvalue weighted by atomic mass is 9.93. The zero-order chi connectivity index (χ0) is 12.1. The molecule has 2 nitrogen and oxygen atoms in total. The predicted molar refractivity (Wildman–Crippen MR) is 61.5 cm³/mol. The second-order valence-corrected chi connectivity index (χ2v) is 4.00. The van der Waals surface area contributed by atoms with Crippen LogP contribution in [-0.2, 0) is 4.79 Å². The SMILES string of the molecule is CC(C)C(C(=O)O)C(F)=Cc1ccccc1. The molecular weight excluding hydrogens is 207 g/mol. The summed E-state index contributed by atoms with van der Waals surface area (Å²) in [4.78, 5) is 10.9.